The number of rotatable bonds is 7. The minimum absolute atomic E-state index is 0.112. The standard InChI is InChI=1S/C13H19ClN2O3S/c1-3-10-16(2)20(18,19)15-13(17)9-6-11-4-7-12(14)8-5-11/h4-5,7-8H,3,6,9-10H2,1-2H3,(H,15,17). The van der Waals surface area contributed by atoms with Gasteiger partial charge in [0, 0.05) is 25.0 Å². The summed E-state index contributed by atoms with van der Waals surface area (Å²) < 4.78 is 26.7. The van der Waals surface area contributed by atoms with E-state index < -0.39 is 16.1 Å². The molecule has 1 rings (SSSR count). The second-order valence-corrected chi connectivity index (χ2v) is 6.69. The number of benzene rings is 1. The molecule has 7 heteroatoms. The summed E-state index contributed by atoms with van der Waals surface area (Å²) in [7, 11) is -2.28. The van der Waals surface area contributed by atoms with Gasteiger partial charge < -0.3 is 0 Å². The summed E-state index contributed by atoms with van der Waals surface area (Å²) in [5, 5.41) is 0.627. The summed E-state index contributed by atoms with van der Waals surface area (Å²) in [5.41, 5.74) is 0.934. The molecular formula is C13H19ClN2O3S. The first-order valence-corrected chi connectivity index (χ1v) is 8.18. The molecule has 0 aliphatic rings. The van der Waals surface area contributed by atoms with E-state index in [1.165, 1.54) is 7.05 Å². The van der Waals surface area contributed by atoms with Crippen LogP contribution in [0.5, 0.6) is 0 Å². The summed E-state index contributed by atoms with van der Waals surface area (Å²) in [6.45, 7) is 2.24. The number of nitrogens with one attached hydrogen (secondary N) is 1. The predicted octanol–water partition coefficient (Wildman–Crippen LogP) is 1.98. The second kappa shape index (κ2) is 7.61. The Balaban J connectivity index is 2.49. The zero-order valence-corrected chi connectivity index (χ0v) is 13.2. The van der Waals surface area contributed by atoms with Gasteiger partial charge in [0.05, 0.1) is 0 Å². The zero-order chi connectivity index (χ0) is 15.2. The van der Waals surface area contributed by atoms with Crippen molar-refractivity contribution >= 4 is 27.7 Å². The zero-order valence-electron chi connectivity index (χ0n) is 11.6. The first-order valence-electron chi connectivity index (χ1n) is 6.36. The minimum atomic E-state index is -3.72. The Labute approximate surface area is 125 Å². The van der Waals surface area contributed by atoms with Crippen LogP contribution in [-0.4, -0.2) is 32.2 Å². The summed E-state index contributed by atoms with van der Waals surface area (Å²) in [6, 6.07) is 7.10. The number of carbonyl (C=O) groups excluding carboxylic acids is 1. The molecule has 0 spiro atoms. The maximum absolute atomic E-state index is 11.8. The molecule has 20 heavy (non-hydrogen) atoms. The van der Waals surface area contributed by atoms with E-state index in [0.29, 0.717) is 24.4 Å². The van der Waals surface area contributed by atoms with E-state index in [-0.39, 0.29) is 6.42 Å². The molecule has 1 N–H and O–H groups in total. The molecule has 0 radical (unpaired) electrons. The van der Waals surface area contributed by atoms with Crippen molar-refractivity contribution in [2.24, 2.45) is 0 Å². The van der Waals surface area contributed by atoms with Crippen molar-refractivity contribution in [2.45, 2.75) is 26.2 Å². The number of hydrogen-bond acceptors (Lipinski definition) is 3. The summed E-state index contributed by atoms with van der Waals surface area (Å²) in [5.74, 6) is -0.511. The van der Waals surface area contributed by atoms with Crippen molar-refractivity contribution in [1.29, 1.82) is 0 Å². The molecular weight excluding hydrogens is 300 g/mol. The molecule has 0 saturated carbocycles. The maximum Gasteiger partial charge on any atom is 0.303 e. The van der Waals surface area contributed by atoms with Crippen LogP contribution in [0.2, 0.25) is 5.02 Å². The van der Waals surface area contributed by atoms with E-state index in [2.05, 4.69) is 4.72 Å². The van der Waals surface area contributed by atoms with Crippen LogP contribution < -0.4 is 4.72 Å². The topological polar surface area (TPSA) is 66.5 Å². The van der Waals surface area contributed by atoms with E-state index >= 15 is 0 Å². The van der Waals surface area contributed by atoms with Crippen molar-refractivity contribution in [3.05, 3.63) is 34.9 Å². The Morgan fingerprint density at radius 1 is 1.30 bits per heavy atom. The Hall–Kier alpha value is -1.11. The van der Waals surface area contributed by atoms with Gasteiger partial charge in [-0.25, -0.2) is 4.72 Å². The van der Waals surface area contributed by atoms with Crippen LogP contribution in [0.25, 0.3) is 0 Å². The first-order chi connectivity index (χ1) is 9.35. The molecule has 112 valence electrons. The molecule has 0 aromatic heterocycles. The Morgan fingerprint density at radius 2 is 1.90 bits per heavy atom. The van der Waals surface area contributed by atoms with Gasteiger partial charge in [-0.3, -0.25) is 4.79 Å². The predicted molar refractivity (Wildman–Crippen MR) is 79.8 cm³/mol. The molecule has 0 heterocycles. The third-order valence-corrected chi connectivity index (χ3v) is 4.49. The fourth-order valence-electron chi connectivity index (χ4n) is 1.62. The van der Waals surface area contributed by atoms with E-state index in [4.69, 9.17) is 11.6 Å². The van der Waals surface area contributed by atoms with Crippen LogP contribution in [0.15, 0.2) is 24.3 Å². The molecule has 1 amide bonds. The Kier molecular flexibility index (Phi) is 6.45. The third kappa shape index (κ3) is 5.48. The molecule has 1 aromatic rings. The summed E-state index contributed by atoms with van der Waals surface area (Å²) in [4.78, 5) is 11.7. The van der Waals surface area contributed by atoms with Crippen LogP contribution in [0.4, 0.5) is 0 Å². The molecule has 0 atom stereocenters. The van der Waals surface area contributed by atoms with E-state index in [0.717, 1.165) is 9.87 Å². The van der Waals surface area contributed by atoms with Crippen molar-refractivity contribution in [2.75, 3.05) is 13.6 Å². The third-order valence-electron chi connectivity index (χ3n) is 2.75. The number of aryl methyl sites for hydroxylation is 1. The Morgan fingerprint density at radius 3 is 2.45 bits per heavy atom. The molecule has 1 aromatic carbocycles. The number of amides is 1. The highest BCUT2D eigenvalue weighted by Crippen LogP contribution is 2.11. The molecule has 5 nitrogen and oxygen atoms in total. The van der Waals surface area contributed by atoms with Crippen LogP contribution in [0, 0.1) is 0 Å². The SMILES string of the molecule is CCCN(C)S(=O)(=O)NC(=O)CCc1ccc(Cl)cc1. The Bertz CT molecular complexity index is 543. The van der Waals surface area contributed by atoms with Gasteiger partial charge in [0.2, 0.25) is 5.91 Å². The molecule has 0 aliphatic heterocycles. The van der Waals surface area contributed by atoms with Gasteiger partial charge in [-0.05, 0) is 30.5 Å². The fraction of sp³-hybridized carbons (Fsp3) is 0.462. The van der Waals surface area contributed by atoms with Crippen LogP contribution in [0.1, 0.15) is 25.3 Å². The fourth-order valence-corrected chi connectivity index (χ4v) is 2.71. The van der Waals surface area contributed by atoms with Gasteiger partial charge in [-0.1, -0.05) is 30.7 Å². The van der Waals surface area contributed by atoms with Gasteiger partial charge in [-0.2, -0.15) is 12.7 Å². The van der Waals surface area contributed by atoms with Gasteiger partial charge in [0.25, 0.3) is 0 Å². The average molecular weight is 319 g/mol. The quantitative estimate of drug-likeness (QED) is 0.836. The lowest BCUT2D eigenvalue weighted by Gasteiger charge is -2.16. The summed E-state index contributed by atoms with van der Waals surface area (Å²) >= 11 is 5.76. The second-order valence-electron chi connectivity index (χ2n) is 4.48. The van der Waals surface area contributed by atoms with Gasteiger partial charge in [-0.15, -0.1) is 0 Å². The maximum atomic E-state index is 11.8. The van der Waals surface area contributed by atoms with Crippen molar-refractivity contribution in [3.8, 4) is 0 Å². The van der Waals surface area contributed by atoms with Crippen LogP contribution in [-0.2, 0) is 21.4 Å². The number of carbonyl (C=O) groups is 1. The van der Waals surface area contributed by atoms with Crippen molar-refractivity contribution in [3.63, 3.8) is 0 Å². The van der Waals surface area contributed by atoms with Gasteiger partial charge in [0.15, 0.2) is 0 Å². The minimum Gasteiger partial charge on any atom is -0.274 e. The molecule has 0 fully saturated rings. The first kappa shape index (κ1) is 16.9. The molecule has 0 bridgehead atoms. The van der Waals surface area contributed by atoms with Gasteiger partial charge >= 0.3 is 10.2 Å². The van der Waals surface area contributed by atoms with E-state index in [9.17, 15) is 13.2 Å². The molecule has 0 aliphatic carbocycles. The number of nitrogens with zero attached hydrogens (tertiary/aromatic N) is 1. The van der Waals surface area contributed by atoms with E-state index in [1.54, 1.807) is 12.1 Å². The number of hydrogen-bond donors (Lipinski definition) is 1. The highest BCUT2D eigenvalue weighted by Gasteiger charge is 2.19. The lowest BCUT2D eigenvalue weighted by molar-refractivity contribution is -0.119. The lowest BCUT2D eigenvalue weighted by Crippen LogP contribution is -2.41. The monoisotopic (exact) mass is 318 g/mol. The van der Waals surface area contributed by atoms with Crippen LogP contribution in [0.3, 0.4) is 0 Å². The average Bonchev–Trinajstić information content (AvgIpc) is 2.38. The molecule has 0 unspecified atom stereocenters. The largest absolute Gasteiger partial charge is 0.303 e. The smallest absolute Gasteiger partial charge is 0.274 e. The highest BCUT2D eigenvalue weighted by atomic mass is 35.5. The van der Waals surface area contributed by atoms with Gasteiger partial charge in [0.1, 0.15) is 0 Å². The van der Waals surface area contributed by atoms with E-state index in [1.807, 2.05) is 19.1 Å². The highest BCUT2D eigenvalue weighted by molar-refractivity contribution is 7.87. The number of halogens is 1. The summed E-state index contributed by atoms with van der Waals surface area (Å²) in [6.07, 6.45) is 1.27. The van der Waals surface area contributed by atoms with Crippen molar-refractivity contribution < 1.29 is 13.2 Å². The normalized spacial score (nSPS) is 11.6. The lowest BCUT2D eigenvalue weighted by atomic mass is 10.1. The molecule has 0 saturated heterocycles. The van der Waals surface area contributed by atoms with Crippen LogP contribution >= 0.6 is 11.6 Å². The van der Waals surface area contributed by atoms with Crippen molar-refractivity contribution in [1.82, 2.24) is 9.03 Å².